The number of hydrogen-bond acceptors (Lipinski definition) is 5. The number of fused-ring (bicyclic) bond motifs is 1. The molecule has 0 unspecified atom stereocenters. The maximum Gasteiger partial charge on any atom is 0.263 e. The molecule has 1 aliphatic rings. The van der Waals surface area contributed by atoms with Crippen LogP contribution in [-0.2, 0) is 4.74 Å². The van der Waals surface area contributed by atoms with Crippen molar-refractivity contribution in [2.75, 3.05) is 25.1 Å². The summed E-state index contributed by atoms with van der Waals surface area (Å²) in [6.45, 7) is 3.46. The topological polar surface area (TPSA) is 76.0 Å². The van der Waals surface area contributed by atoms with Crippen LogP contribution in [0.25, 0.3) is 16.7 Å². The van der Waals surface area contributed by atoms with Crippen LogP contribution in [0.1, 0.15) is 5.56 Å². The fraction of sp³-hybridized carbons (Fsp3) is 0.312. The first-order valence-electron chi connectivity index (χ1n) is 7.49. The molecule has 1 aromatic carbocycles. The van der Waals surface area contributed by atoms with E-state index in [9.17, 15) is 4.79 Å². The Balaban J connectivity index is 1.76. The highest BCUT2D eigenvalue weighted by Gasteiger charge is 2.28. The minimum Gasteiger partial charge on any atom is -0.378 e. The minimum absolute atomic E-state index is 0.175. The van der Waals surface area contributed by atoms with Gasteiger partial charge in [0.15, 0.2) is 5.65 Å². The number of rotatable bonds is 3. The molecule has 4 rings (SSSR count). The Bertz CT molecular complexity index is 924. The molecule has 7 heteroatoms. The molecule has 0 spiro atoms. The summed E-state index contributed by atoms with van der Waals surface area (Å²) in [4.78, 5) is 21.6. The minimum atomic E-state index is -0.175. The molecule has 3 heterocycles. The van der Waals surface area contributed by atoms with Gasteiger partial charge in [-0.3, -0.25) is 9.78 Å². The van der Waals surface area contributed by atoms with Crippen LogP contribution in [0.5, 0.6) is 0 Å². The van der Waals surface area contributed by atoms with Crippen LogP contribution in [0.2, 0.25) is 0 Å². The molecule has 0 aliphatic carbocycles. The van der Waals surface area contributed by atoms with Crippen molar-refractivity contribution in [3.8, 4) is 5.69 Å². The van der Waals surface area contributed by atoms with Crippen molar-refractivity contribution in [1.82, 2.24) is 19.7 Å². The number of H-pyrrole nitrogens is 1. The normalized spacial score (nSPS) is 15.1. The molecule has 0 radical (unpaired) electrons. The van der Waals surface area contributed by atoms with Crippen molar-refractivity contribution < 1.29 is 4.74 Å². The van der Waals surface area contributed by atoms with Crippen molar-refractivity contribution in [2.45, 2.75) is 13.0 Å². The van der Waals surface area contributed by atoms with E-state index in [4.69, 9.17) is 4.74 Å². The van der Waals surface area contributed by atoms with Gasteiger partial charge in [-0.25, -0.2) is 4.68 Å². The molecule has 1 saturated heterocycles. The first kappa shape index (κ1) is 14.0. The second-order valence-corrected chi connectivity index (χ2v) is 5.75. The summed E-state index contributed by atoms with van der Waals surface area (Å²) < 4.78 is 6.96. The van der Waals surface area contributed by atoms with Crippen molar-refractivity contribution in [1.29, 1.82) is 0 Å². The Kier molecular flexibility index (Phi) is 3.16. The molecule has 1 aliphatic heterocycles. The molecular weight excluding hydrogens is 294 g/mol. The van der Waals surface area contributed by atoms with Gasteiger partial charge in [-0.15, -0.1) is 5.10 Å². The second kappa shape index (κ2) is 5.20. The molecule has 23 heavy (non-hydrogen) atoms. The second-order valence-electron chi connectivity index (χ2n) is 5.75. The molecule has 118 valence electrons. The molecule has 0 amide bonds. The molecule has 0 bridgehead atoms. The highest BCUT2D eigenvalue weighted by Crippen LogP contribution is 2.20. The number of aromatic nitrogens is 4. The number of nitrogens with zero attached hydrogens (tertiary/aromatic N) is 4. The van der Waals surface area contributed by atoms with E-state index >= 15 is 0 Å². The van der Waals surface area contributed by atoms with E-state index in [1.54, 1.807) is 18.0 Å². The summed E-state index contributed by atoms with van der Waals surface area (Å²) in [5, 5.41) is 4.96. The quantitative estimate of drug-likeness (QED) is 0.788. The van der Waals surface area contributed by atoms with Gasteiger partial charge in [0.25, 0.3) is 5.56 Å². The number of para-hydroxylation sites is 1. The summed E-state index contributed by atoms with van der Waals surface area (Å²) in [6.07, 6.45) is 1.92. The number of hydrogen-bond donors (Lipinski definition) is 1. The number of nitrogens with one attached hydrogen (secondary N) is 1. The van der Waals surface area contributed by atoms with Gasteiger partial charge >= 0.3 is 0 Å². The maximum absolute atomic E-state index is 12.3. The summed E-state index contributed by atoms with van der Waals surface area (Å²) in [7, 11) is 1.69. The van der Waals surface area contributed by atoms with Gasteiger partial charge in [-0.1, -0.05) is 18.2 Å². The van der Waals surface area contributed by atoms with Crippen molar-refractivity contribution in [3.63, 3.8) is 0 Å². The van der Waals surface area contributed by atoms with E-state index in [1.807, 2.05) is 36.1 Å². The average molecular weight is 311 g/mol. The average Bonchev–Trinajstić information content (AvgIpc) is 2.91. The molecule has 2 aromatic heterocycles. The zero-order chi connectivity index (χ0) is 16.0. The number of anilines is 1. The van der Waals surface area contributed by atoms with Gasteiger partial charge in [-0.2, -0.15) is 4.98 Å². The van der Waals surface area contributed by atoms with Crippen molar-refractivity contribution >= 4 is 17.0 Å². The number of benzene rings is 1. The molecule has 1 N–H and O–H groups in total. The standard InChI is InChI=1S/C16H17N5O2/c1-10-5-3-4-6-13(10)21-9-12-14(19-21)17-16(18-15(12)22)20-7-11(8-20)23-2/h3-6,9,11H,7-8H2,1-2H3,(H,17,18,19,22). The fourth-order valence-corrected chi connectivity index (χ4v) is 2.76. The summed E-state index contributed by atoms with van der Waals surface area (Å²) in [5.74, 6) is 0.547. The van der Waals surface area contributed by atoms with Crippen LogP contribution >= 0.6 is 0 Å². The Morgan fingerprint density at radius 1 is 1.30 bits per heavy atom. The highest BCUT2D eigenvalue weighted by molar-refractivity contribution is 5.74. The van der Waals surface area contributed by atoms with E-state index in [1.165, 1.54) is 0 Å². The SMILES string of the molecule is COC1CN(c2nc3nn(-c4ccccc4C)cc3c(=O)[nH]2)C1. The first-order valence-corrected chi connectivity index (χ1v) is 7.49. The lowest BCUT2D eigenvalue weighted by molar-refractivity contribution is 0.0778. The predicted molar refractivity (Wildman–Crippen MR) is 87.2 cm³/mol. The van der Waals surface area contributed by atoms with E-state index in [2.05, 4.69) is 15.1 Å². The molecule has 3 aromatic rings. The largest absolute Gasteiger partial charge is 0.378 e. The fourth-order valence-electron chi connectivity index (χ4n) is 2.76. The van der Waals surface area contributed by atoms with Gasteiger partial charge in [0, 0.05) is 26.4 Å². The maximum atomic E-state index is 12.3. The van der Waals surface area contributed by atoms with Crippen LogP contribution in [0.15, 0.2) is 35.3 Å². The lowest BCUT2D eigenvalue weighted by Gasteiger charge is -2.38. The van der Waals surface area contributed by atoms with E-state index in [0.29, 0.717) is 17.0 Å². The van der Waals surface area contributed by atoms with E-state index in [0.717, 1.165) is 24.3 Å². The smallest absolute Gasteiger partial charge is 0.263 e. The molecular formula is C16H17N5O2. The van der Waals surface area contributed by atoms with Crippen LogP contribution in [0, 0.1) is 6.92 Å². The highest BCUT2D eigenvalue weighted by atomic mass is 16.5. The Morgan fingerprint density at radius 2 is 2.09 bits per heavy atom. The molecule has 0 saturated carbocycles. The number of aromatic amines is 1. The summed E-state index contributed by atoms with van der Waals surface area (Å²) >= 11 is 0. The van der Waals surface area contributed by atoms with Crippen LogP contribution in [-0.4, -0.2) is 46.1 Å². The monoisotopic (exact) mass is 311 g/mol. The van der Waals surface area contributed by atoms with Crippen LogP contribution in [0.3, 0.4) is 0 Å². The van der Waals surface area contributed by atoms with Gasteiger partial charge < -0.3 is 9.64 Å². The van der Waals surface area contributed by atoms with Crippen LogP contribution in [0.4, 0.5) is 5.95 Å². The first-order chi connectivity index (χ1) is 11.2. The zero-order valence-electron chi connectivity index (χ0n) is 13.0. The predicted octanol–water partition coefficient (Wildman–Crippen LogP) is 1.25. The van der Waals surface area contributed by atoms with Gasteiger partial charge in [0.2, 0.25) is 5.95 Å². The summed E-state index contributed by atoms with van der Waals surface area (Å²) in [6, 6.07) is 7.90. The van der Waals surface area contributed by atoms with Crippen molar-refractivity contribution in [2.24, 2.45) is 0 Å². The third-order valence-corrected chi connectivity index (χ3v) is 4.22. The van der Waals surface area contributed by atoms with Gasteiger partial charge in [0.05, 0.1) is 11.8 Å². The Morgan fingerprint density at radius 3 is 2.83 bits per heavy atom. The van der Waals surface area contributed by atoms with Crippen molar-refractivity contribution in [3.05, 3.63) is 46.4 Å². The van der Waals surface area contributed by atoms with Gasteiger partial charge in [0.1, 0.15) is 5.39 Å². The molecule has 1 fully saturated rings. The molecule has 0 atom stereocenters. The van der Waals surface area contributed by atoms with Gasteiger partial charge in [-0.05, 0) is 18.6 Å². The number of ether oxygens (including phenoxy) is 1. The zero-order valence-corrected chi connectivity index (χ0v) is 13.0. The Labute approximate surface area is 132 Å². The van der Waals surface area contributed by atoms with E-state index < -0.39 is 0 Å². The molecule has 7 nitrogen and oxygen atoms in total. The third kappa shape index (κ3) is 2.29. The summed E-state index contributed by atoms with van der Waals surface area (Å²) in [5.41, 5.74) is 2.30. The number of aryl methyl sites for hydroxylation is 1. The third-order valence-electron chi connectivity index (χ3n) is 4.22. The van der Waals surface area contributed by atoms with Crippen LogP contribution < -0.4 is 10.5 Å². The lowest BCUT2D eigenvalue weighted by Crippen LogP contribution is -2.52. The Hall–Kier alpha value is -2.67. The van der Waals surface area contributed by atoms with E-state index in [-0.39, 0.29) is 11.7 Å². The lowest BCUT2D eigenvalue weighted by atomic mass is 10.2. The number of methoxy groups -OCH3 is 1.